The standard InChI is InChI=1S/C16H17F2NO.C10H22.U/c1-4-14-13(10(2)3)9-15(19-14)11-6-5-7-12(8-11)20-16(17)18;1-5-6-10(4)8-7-9(2)3;/h5-6,8-10,14H,4H2,1-3H3;9-10H,5-8H2,1-4H3;/q-2;;+2. The molecule has 1 aliphatic rings. The topological polar surface area (TPSA) is 21.6 Å². The number of aliphatic imine (C=N–C) groups is 1. The molecule has 2 rings (SSSR count). The molecule has 0 aliphatic carbocycles. The predicted octanol–water partition coefficient (Wildman–Crippen LogP) is 8.27. The van der Waals surface area contributed by atoms with Crippen molar-refractivity contribution in [2.45, 2.75) is 86.6 Å². The van der Waals surface area contributed by atoms with Crippen LogP contribution in [0.15, 0.2) is 34.8 Å². The second-order valence-corrected chi connectivity index (χ2v) is 8.87. The Morgan fingerprint density at radius 3 is 2.26 bits per heavy atom. The summed E-state index contributed by atoms with van der Waals surface area (Å²) in [6.45, 7) is 13.5. The third kappa shape index (κ3) is 11.7. The van der Waals surface area contributed by atoms with Gasteiger partial charge in [0.05, 0.1) is 6.04 Å². The van der Waals surface area contributed by atoms with Crippen molar-refractivity contribution in [2.24, 2.45) is 22.7 Å². The van der Waals surface area contributed by atoms with E-state index in [0.29, 0.717) is 5.92 Å². The van der Waals surface area contributed by atoms with Crippen LogP contribution in [-0.2, 0) is 0 Å². The fourth-order valence-corrected chi connectivity index (χ4v) is 3.57. The first kappa shape index (κ1) is 30.3. The Morgan fingerprint density at radius 1 is 1.10 bits per heavy atom. The Balaban J connectivity index is 0.000000701. The van der Waals surface area contributed by atoms with Crippen LogP contribution in [0.2, 0.25) is 0 Å². The number of hydrogen-bond acceptors (Lipinski definition) is 2. The van der Waals surface area contributed by atoms with Gasteiger partial charge in [-0.05, 0) is 41.6 Å². The normalized spacial score (nSPS) is 16.5. The molecule has 0 saturated carbocycles. The van der Waals surface area contributed by atoms with Gasteiger partial charge in [-0.15, -0.1) is 17.7 Å². The Bertz CT molecular complexity index is 686. The van der Waals surface area contributed by atoms with E-state index in [1.807, 2.05) is 6.08 Å². The zero-order valence-electron chi connectivity index (χ0n) is 20.3. The van der Waals surface area contributed by atoms with Crippen LogP contribution in [0.4, 0.5) is 8.78 Å². The number of hydrogen-bond donors (Lipinski definition) is 0. The van der Waals surface area contributed by atoms with Crippen LogP contribution in [0, 0.1) is 61.5 Å². The summed E-state index contributed by atoms with van der Waals surface area (Å²) in [7, 11) is 0. The maximum Gasteiger partial charge on any atom is 2.00 e. The summed E-state index contributed by atoms with van der Waals surface area (Å²) in [5, 5.41) is 0. The summed E-state index contributed by atoms with van der Waals surface area (Å²) in [4.78, 5) is 4.66. The molecule has 2 unspecified atom stereocenters. The van der Waals surface area contributed by atoms with Gasteiger partial charge in [0.2, 0.25) is 0 Å². The molecule has 1 aliphatic heterocycles. The molecule has 172 valence electrons. The van der Waals surface area contributed by atoms with Crippen molar-refractivity contribution in [1.29, 1.82) is 0 Å². The maximum absolute atomic E-state index is 12.1. The molecule has 2 nitrogen and oxygen atoms in total. The average molecular weight is 658 g/mol. The number of allylic oxidation sites excluding steroid dienone is 1. The van der Waals surface area contributed by atoms with Crippen LogP contribution in [0.3, 0.4) is 0 Å². The number of benzene rings is 1. The minimum absolute atomic E-state index is 0. The van der Waals surface area contributed by atoms with E-state index < -0.39 is 6.61 Å². The fourth-order valence-electron chi connectivity index (χ4n) is 3.57. The summed E-state index contributed by atoms with van der Waals surface area (Å²) in [6.07, 6.45) is 8.56. The molecule has 0 bridgehead atoms. The van der Waals surface area contributed by atoms with Crippen LogP contribution >= 0.6 is 0 Å². The first-order chi connectivity index (χ1) is 14.2. The second-order valence-electron chi connectivity index (χ2n) is 8.87. The first-order valence-electron chi connectivity index (χ1n) is 11.3. The predicted molar refractivity (Wildman–Crippen MR) is 123 cm³/mol. The van der Waals surface area contributed by atoms with E-state index in [0.717, 1.165) is 29.5 Å². The van der Waals surface area contributed by atoms with Gasteiger partial charge in [0.15, 0.2) is 6.61 Å². The average Bonchev–Trinajstić information content (AvgIpc) is 3.12. The monoisotopic (exact) mass is 657 g/mol. The van der Waals surface area contributed by atoms with Crippen LogP contribution in [-0.4, -0.2) is 11.8 Å². The van der Waals surface area contributed by atoms with Gasteiger partial charge < -0.3 is 13.5 Å². The summed E-state index contributed by atoms with van der Waals surface area (Å²) in [5.41, 5.74) is 2.87. The minimum atomic E-state index is -2.09. The van der Waals surface area contributed by atoms with E-state index in [-0.39, 0.29) is 42.9 Å². The van der Waals surface area contributed by atoms with Gasteiger partial charge in [0.25, 0.3) is 0 Å². The molecule has 2 atom stereocenters. The molecule has 31 heavy (non-hydrogen) atoms. The van der Waals surface area contributed by atoms with Crippen molar-refractivity contribution in [3.63, 3.8) is 0 Å². The molecule has 0 saturated heterocycles. The Kier molecular flexibility index (Phi) is 15.7. The summed E-state index contributed by atoms with van der Waals surface area (Å²) in [5.74, 6) is 2.26. The van der Waals surface area contributed by atoms with Gasteiger partial charge in [-0.25, -0.2) is 0 Å². The van der Waals surface area contributed by atoms with E-state index in [1.54, 1.807) is 12.1 Å². The maximum atomic E-state index is 12.1. The van der Waals surface area contributed by atoms with Crippen LogP contribution < -0.4 is 4.74 Å². The summed E-state index contributed by atoms with van der Waals surface area (Å²) >= 11 is 0. The van der Waals surface area contributed by atoms with E-state index in [1.165, 1.54) is 37.3 Å². The van der Waals surface area contributed by atoms with E-state index >= 15 is 0 Å². The number of halogens is 2. The van der Waals surface area contributed by atoms with Crippen molar-refractivity contribution in [3.05, 3.63) is 48.1 Å². The summed E-state index contributed by atoms with van der Waals surface area (Å²) < 4.78 is 28.6. The van der Waals surface area contributed by atoms with Gasteiger partial charge in [0, 0.05) is 5.71 Å². The van der Waals surface area contributed by atoms with E-state index in [4.69, 9.17) is 0 Å². The molecule has 0 radical (unpaired) electrons. The fraction of sp³-hybridized carbons (Fsp3) is 0.615. The van der Waals surface area contributed by atoms with Crippen molar-refractivity contribution in [3.8, 4) is 5.75 Å². The van der Waals surface area contributed by atoms with Crippen LogP contribution in [0.5, 0.6) is 5.75 Å². The number of nitrogens with zero attached hydrogens (tertiary/aromatic N) is 1. The SMILES string of the molecule is CCC1N=C(c2cc[c-]c(O[C-](F)F)c2)C=C1C(C)C.CCCC(C)CCC(C)C.[U+2]. The Morgan fingerprint density at radius 2 is 1.77 bits per heavy atom. The molecular weight excluding hydrogens is 618 g/mol. The van der Waals surface area contributed by atoms with Gasteiger partial charge in [-0.1, -0.05) is 74.1 Å². The summed E-state index contributed by atoms with van der Waals surface area (Å²) in [6, 6.07) is 7.71. The smallest absolute Gasteiger partial charge is 0.618 e. The van der Waals surface area contributed by atoms with Gasteiger partial charge in [0.1, 0.15) is 0 Å². The molecule has 0 aromatic heterocycles. The third-order valence-corrected chi connectivity index (χ3v) is 5.31. The van der Waals surface area contributed by atoms with Gasteiger partial charge >= 0.3 is 31.1 Å². The molecule has 0 fully saturated rings. The molecule has 0 spiro atoms. The van der Waals surface area contributed by atoms with Crippen molar-refractivity contribution >= 4 is 5.71 Å². The third-order valence-electron chi connectivity index (χ3n) is 5.31. The van der Waals surface area contributed by atoms with E-state index in [9.17, 15) is 8.78 Å². The number of ether oxygens (including phenoxy) is 1. The number of rotatable bonds is 10. The van der Waals surface area contributed by atoms with Gasteiger partial charge in [-0.3, -0.25) is 4.99 Å². The quantitative estimate of drug-likeness (QED) is 0.232. The van der Waals surface area contributed by atoms with E-state index in [2.05, 4.69) is 64.3 Å². The van der Waals surface area contributed by atoms with Gasteiger partial charge in [-0.2, -0.15) is 12.1 Å². The zero-order valence-corrected chi connectivity index (χ0v) is 24.4. The first-order valence-corrected chi connectivity index (χ1v) is 11.3. The van der Waals surface area contributed by atoms with Crippen molar-refractivity contribution < 1.29 is 44.6 Å². The molecule has 5 heteroatoms. The molecule has 1 aromatic carbocycles. The molecule has 1 heterocycles. The Hall–Kier alpha value is -0.658. The Labute approximate surface area is 212 Å². The molecular formula is C26H39F2NOU. The zero-order chi connectivity index (χ0) is 22.7. The van der Waals surface area contributed by atoms with Crippen LogP contribution in [0.1, 0.15) is 86.1 Å². The van der Waals surface area contributed by atoms with Crippen molar-refractivity contribution in [2.75, 3.05) is 0 Å². The van der Waals surface area contributed by atoms with Crippen molar-refractivity contribution in [1.82, 2.24) is 0 Å². The molecule has 1 aromatic rings. The molecule has 0 N–H and O–H groups in total. The van der Waals surface area contributed by atoms with Crippen LogP contribution in [0.25, 0.3) is 0 Å². The molecule has 0 amide bonds. The minimum Gasteiger partial charge on any atom is -0.618 e. The largest absolute Gasteiger partial charge is 2.00 e. The second kappa shape index (κ2) is 16.0.